The van der Waals surface area contributed by atoms with Gasteiger partial charge in [0.1, 0.15) is 0 Å². The van der Waals surface area contributed by atoms with E-state index in [1.165, 1.54) is 23.3 Å². The van der Waals surface area contributed by atoms with Gasteiger partial charge in [-0.2, -0.15) is 0 Å². The van der Waals surface area contributed by atoms with Gasteiger partial charge >= 0.3 is 0 Å². The van der Waals surface area contributed by atoms with E-state index in [1.807, 2.05) is 30.6 Å². The van der Waals surface area contributed by atoms with Crippen LogP contribution in [-0.2, 0) is 11.3 Å². The van der Waals surface area contributed by atoms with Crippen molar-refractivity contribution in [3.05, 3.63) is 52.2 Å². The van der Waals surface area contributed by atoms with E-state index in [1.54, 1.807) is 4.90 Å². The van der Waals surface area contributed by atoms with Crippen molar-refractivity contribution < 1.29 is 9.53 Å². The van der Waals surface area contributed by atoms with Crippen LogP contribution in [0.4, 0.5) is 5.69 Å². The van der Waals surface area contributed by atoms with Gasteiger partial charge in [-0.15, -0.1) is 11.3 Å². The summed E-state index contributed by atoms with van der Waals surface area (Å²) in [7, 11) is 1.88. The minimum absolute atomic E-state index is 0.0805. The van der Waals surface area contributed by atoms with Crippen LogP contribution in [0.2, 0.25) is 0 Å². The van der Waals surface area contributed by atoms with Gasteiger partial charge in [0, 0.05) is 51.1 Å². The Morgan fingerprint density at radius 3 is 2.75 bits per heavy atom. The number of anilines is 1. The Balaban J connectivity index is 1.35. The summed E-state index contributed by atoms with van der Waals surface area (Å²) in [6.07, 6.45) is 3.47. The van der Waals surface area contributed by atoms with Crippen molar-refractivity contribution in [2.24, 2.45) is 0 Å². The maximum Gasteiger partial charge on any atom is 0.263 e. The normalized spacial score (nSPS) is 21.0. The summed E-state index contributed by atoms with van der Waals surface area (Å²) in [4.78, 5) is 17.8. The minimum atomic E-state index is 0.0805. The second kappa shape index (κ2) is 9.07. The number of hydrogen-bond donors (Lipinski definition) is 1. The second-order valence-electron chi connectivity index (χ2n) is 7.77. The Kier molecular flexibility index (Phi) is 6.29. The van der Waals surface area contributed by atoms with Crippen molar-refractivity contribution in [2.45, 2.75) is 37.9 Å². The molecular formula is C22H29N3O2S. The van der Waals surface area contributed by atoms with Gasteiger partial charge in [-0.3, -0.25) is 9.69 Å². The van der Waals surface area contributed by atoms with Crippen molar-refractivity contribution in [2.75, 3.05) is 38.7 Å². The maximum absolute atomic E-state index is 12.6. The summed E-state index contributed by atoms with van der Waals surface area (Å²) in [5.41, 5.74) is 2.32. The zero-order valence-corrected chi connectivity index (χ0v) is 17.3. The molecule has 0 aliphatic carbocycles. The number of ether oxygens (including phenoxy) is 1. The molecule has 150 valence electrons. The number of nitrogens with zero attached hydrogens (tertiary/aromatic N) is 2. The van der Waals surface area contributed by atoms with E-state index in [9.17, 15) is 4.79 Å². The number of amides is 1. The van der Waals surface area contributed by atoms with Gasteiger partial charge < -0.3 is 15.0 Å². The summed E-state index contributed by atoms with van der Waals surface area (Å²) in [6, 6.07) is 13.3. The molecule has 28 heavy (non-hydrogen) atoms. The Bertz CT molecular complexity index is 766. The number of benzene rings is 1. The molecule has 2 saturated heterocycles. The fourth-order valence-electron chi connectivity index (χ4n) is 4.15. The summed E-state index contributed by atoms with van der Waals surface area (Å²) >= 11 is 1.49. The third-order valence-electron chi connectivity index (χ3n) is 5.81. The van der Waals surface area contributed by atoms with Crippen molar-refractivity contribution in [1.82, 2.24) is 9.80 Å². The number of nitrogens with one attached hydrogen (secondary N) is 1. The number of carbonyl (C=O) groups excluding carboxylic acids is 1. The van der Waals surface area contributed by atoms with Gasteiger partial charge in [-0.05, 0) is 42.3 Å². The zero-order valence-electron chi connectivity index (χ0n) is 16.5. The van der Waals surface area contributed by atoms with Crippen LogP contribution in [0.25, 0.3) is 0 Å². The van der Waals surface area contributed by atoms with E-state index in [2.05, 4.69) is 28.4 Å². The van der Waals surface area contributed by atoms with Crippen LogP contribution in [0.3, 0.4) is 0 Å². The molecule has 2 aliphatic rings. The van der Waals surface area contributed by atoms with Gasteiger partial charge in [0.05, 0.1) is 11.5 Å². The Labute approximate surface area is 171 Å². The minimum Gasteiger partial charge on any atom is -0.382 e. The molecule has 1 aromatic carbocycles. The van der Waals surface area contributed by atoms with E-state index in [4.69, 9.17) is 4.74 Å². The van der Waals surface area contributed by atoms with E-state index >= 15 is 0 Å². The molecule has 5 nitrogen and oxygen atoms in total. The highest BCUT2D eigenvalue weighted by Gasteiger charge is 2.27. The number of rotatable bonds is 6. The SMILES string of the molecule is CN(Cc1ccccc1NC1CCN(C2CCOC2)CC1)C(=O)c1cccs1. The predicted molar refractivity (Wildman–Crippen MR) is 114 cm³/mol. The van der Waals surface area contributed by atoms with Crippen molar-refractivity contribution in [3.8, 4) is 0 Å². The fraction of sp³-hybridized carbons (Fsp3) is 0.500. The molecule has 2 aromatic rings. The van der Waals surface area contributed by atoms with Crippen LogP contribution in [0.1, 0.15) is 34.5 Å². The summed E-state index contributed by atoms with van der Waals surface area (Å²) in [5, 5.41) is 5.69. The van der Waals surface area contributed by atoms with E-state index in [-0.39, 0.29) is 5.91 Å². The van der Waals surface area contributed by atoms with E-state index in [0.29, 0.717) is 18.6 Å². The van der Waals surface area contributed by atoms with Crippen LogP contribution < -0.4 is 5.32 Å². The third-order valence-corrected chi connectivity index (χ3v) is 6.67. The molecule has 6 heteroatoms. The highest BCUT2D eigenvalue weighted by atomic mass is 32.1. The monoisotopic (exact) mass is 399 g/mol. The standard InChI is InChI=1S/C22H29N3O2S/c1-24(22(26)21-7-4-14-28-21)15-17-5-2-3-6-20(17)23-18-8-11-25(12-9-18)19-10-13-27-16-19/h2-7,14,18-19,23H,8-13,15-16H2,1H3. The molecular weight excluding hydrogens is 370 g/mol. The summed E-state index contributed by atoms with van der Waals surface area (Å²) in [6.45, 7) is 4.67. The molecule has 1 atom stereocenters. The molecule has 1 unspecified atom stereocenters. The highest BCUT2D eigenvalue weighted by Crippen LogP contribution is 2.24. The largest absolute Gasteiger partial charge is 0.382 e. The number of likely N-dealkylation sites (tertiary alicyclic amines) is 1. The number of carbonyl (C=O) groups is 1. The van der Waals surface area contributed by atoms with Crippen LogP contribution in [0, 0.1) is 0 Å². The van der Waals surface area contributed by atoms with Gasteiger partial charge in [0.15, 0.2) is 0 Å². The zero-order chi connectivity index (χ0) is 19.3. The van der Waals surface area contributed by atoms with Gasteiger partial charge in [0.2, 0.25) is 0 Å². The molecule has 3 heterocycles. The highest BCUT2D eigenvalue weighted by molar-refractivity contribution is 7.12. The lowest BCUT2D eigenvalue weighted by Crippen LogP contribution is -2.45. The lowest BCUT2D eigenvalue weighted by molar-refractivity contribution is 0.0790. The Hall–Kier alpha value is -1.89. The van der Waals surface area contributed by atoms with Gasteiger partial charge in [-0.1, -0.05) is 24.3 Å². The maximum atomic E-state index is 12.6. The molecule has 2 aliphatic heterocycles. The number of thiophene rings is 1. The lowest BCUT2D eigenvalue weighted by atomic mass is 10.0. The van der Waals surface area contributed by atoms with E-state index < -0.39 is 0 Å². The molecule has 1 amide bonds. The Morgan fingerprint density at radius 1 is 1.21 bits per heavy atom. The Morgan fingerprint density at radius 2 is 2.04 bits per heavy atom. The second-order valence-corrected chi connectivity index (χ2v) is 8.72. The predicted octanol–water partition coefficient (Wildman–Crippen LogP) is 3.69. The fourth-order valence-corrected chi connectivity index (χ4v) is 4.87. The average molecular weight is 400 g/mol. The van der Waals surface area contributed by atoms with Crippen LogP contribution in [0.5, 0.6) is 0 Å². The summed E-state index contributed by atoms with van der Waals surface area (Å²) in [5.74, 6) is 0.0805. The first-order valence-electron chi connectivity index (χ1n) is 10.2. The van der Waals surface area contributed by atoms with Gasteiger partial charge in [0.25, 0.3) is 5.91 Å². The van der Waals surface area contributed by atoms with Crippen LogP contribution >= 0.6 is 11.3 Å². The van der Waals surface area contributed by atoms with E-state index in [0.717, 1.165) is 49.7 Å². The molecule has 4 rings (SSSR count). The molecule has 1 N–H and O–H groups in total. The summed E-state index contributed by atoms with van der Waals surface area (Å²) < 4.78 is 5.54. The molecule has 1 aromatic heterocycles. The topological polar surface area (TPSA) is 44.8 Å². The first-order valence-corrected chi connectivity index (χ1v) is 11.0. The third kappa shape index (κ3) is 4.57. The molecule has 0 spiro atoms. The average Bonchev–Trinajstić information content (AvgIpc) is 3.44. The first-order chi connectivity index (χ1) is 13.7. The van der Waals surface area contributed by atoms with Crippen molar-refractivity contribution in [3.63, 3.8) is 0 Å². The molecule has 0 bridgehead atoms. The first kappa shape index (κ1) is 19.4. The number of piperidine rings is 1. The number of para-hydroxylation sites is 1. The van der Waals surface area contributed by atoms with Crippen molar-refractivity contribution >= 4 is 22.9 Å². The number of hydrogen-bond acceptors (Lipinski definition) is 5. The van der Waals surface area contributed by atoms with Crippen molar-refractivity contribution in [1.29, 1.82) is 0 Å². The lowest BCUT2D eigenvalue weighted by Gasteiger charge is -2.36. The van der Waals surface area contributed by atoms with Crippen LogP contribution in [0.15, 0.2) is 41.8 Å². The quantitative estimate of drug-likeness (QED) is 0.805. The van der Waals surface area contributed by atoms with Gasteiger partial charge in [-0.25, -0.2) is 0 Å². The molecule has 0 radical (unpaired) electrons. The molecule has 0 saturated carbocycles. The molecule has 2 fully saturated rings. The van der Waals surface area contributed by atoms with Crippen LogP contribution in [-0.4, -0.2) is 61.1 Å². The smallest absolute Gasteiger partial charge is 0.263 e.